The van der Waals surface area contributed by atoms with Gasteiger partial charge in [-0.2, -0.15) is 0 Å². The molecule has 0 amide bonds. The van der Waals surface area contributed by atoms with Crippen LogP contribution in [-0.4, -0.2) is 12.1 Å². The first kappa shape index (κ1) is 48.9. The van der Waals surface area contributed by atoms with Crippen LogP contribution in [0.4, 0.5) is 0 Å². The lowest BCUT2D eigenvalue weighted by Gasteiger charge is -2.58. The molecule has 8 unspecified atom stereocenters. The largest absolute Gasteiger partial charge is 0.462 e. The van der Waals surface area contributed by atoms with Crippen molar-refractivity contribution in [1.29, 1.82) is 0 Å². The van der Waals surface area contributed by atoms with Crippen LogP contribution < -0.4 is 0 Å². The van der Waals surface area contributed by atoms with Crippen LogP contribution in [0.3, 0.4) is 0 Å². The van der Waals surface area contributed by atoms with Gasteiger partial charge in [-0.25, -0.2) is 0 Å². The molecule has 0 bridgehead atoms. The molecule has 0 aromatic heterocycles. The number of allylic oxidation sites excluding steroid dienone is 1. The quantitative estimate of drug-likeness (QED) is 0.0385. The van der Waals surface area contributed by atoms with Crippen molar-refractivity contribution in [1.82, 2.24) is 0 Å². The first-order valence-corrected chi connectivity index (χ1v) is 26.6. The van der Waals surface area contributed by atoms with E-state index in [9.17, 15) is 4.79 Å². The number of hydrogen-bond acceptors (Lipinski definition) is 2. The molecule has 3 fully saturated rings. The summed E-state index contributed by atoms with van der Waals surface area (Å²) in [5.74, 6) is 5.34. The van der Waals surface area contributed by atoms with Crippen molar-refractivity contribution in [2.75, 3.05) is 0 Å². The number of carbonyl (C=O) groups is 1. The lowest BCUT2D eigenvalue weighted by molar-refractivity contribution is -0.151. The van der Waals surface area contributed by atoms with Gasteiger partial charge in [-0.3, -0.25) is 4.79 Å². The summed E-state index contributed by atoms with van der Waals surface area (Å²) in [6.45, 7) is 15.0. The Balaban J connectivity index is 0.954. The van der Waals surface area contributed by atoms with Crippen molar-refractivity contribution < 1.29 is 9.53 Å². The van der Waals surface area contributed by atoms with Crippen LogP contribution in [-0.2, 0) is 9.53 Å². The van der Waals surface area contributed by atoms with E-state index in [2.05, 4.69) is 47.6 Å². The minimum Gasteiger partial charge on any atom is -0.462 e. The molecule has 0 aromatic rings. The average molecular weight is 793 g/mol. The van der Waals surface area contributed by atoms with Gasteiger partial charge >= 0.3 is 5.97 Å². The lowest BCUT2D eigenvalue weighted by Crippen LogP contribution is -2.51. The average Bonchev–Trinajstić information content (AvgIpc) is 3.55. The number of hydrogen-bond donors (Lipinski definition) is 0. The first-order chi connectivity index (χ1) is 27.7. The molecule has 0 heterocycles. The molecule has 332 valence electrons. The number of rotatable bonds is 32. The van der Waals surface area contributed by atoms with E-state index in [1.807, 2.05) is 0 Å². The van der Waals surface area contributed by atoms with E-state index >= 15 is 0 Å². The standard InChI is InChI=1S/C55H100O2/c1-7-8-9-10-11-12-13-14-15-16-17-18-19-20-21-22-23-24-25-26-27-28-29-30-31-35-53(56)57-48-40-42-54(5)47(44-48)36-37-49-51-39-38-50(46(4)34-32-33-45(2)3)55(51,6)43-41-52(49)54/h36,45-46,48-52H,7-35,37-44H2,1-6H3. The van der Waals surface area contributed by atoms with E-state index in [4.69, 9.17) is 4.74 Å². The van der Waals surface area contributed by atoms with Crippen molar-refractivity contribution in [3.8, 4) is 0 Å². The van der Waals surface area contributed by atoms with Crippen molar-refractivity contribution in [2.24, 2.45) is 46.3 Å². The third kappa shape index (κ3) is 16.2. The van der Waals surface area contributed by atoms with Gasteiger partial charge in [0.25, 0.3) is 0 Å². The Morgan fingerprint density at radius 2 is 1.12 bits per heavy atom. The van der Waals surface area contributed by atoms with Gasteiger partial charge < -0.3 is 4.74 Å². The van der Waals surface area contributed by atoms with E-state index in [0.717, 1.165) is 54.8 Å². The summed E-state index contributed by atoms with van der Waals surface area (Å²) >= 11 is 0. The second-order valence-corrected chi connectivity index (χ2v) is 21.9. The predicted octanol–water partition coefficient (Wildman–Crippen LogP) is 18.1. The van der Waals surface area contributed by atoms with Crippen molar-refractivity contribution in [3.05, 3.63) is 11.6 Å². The number of carbonyl (C=O) groups excluding carboxylic acids is 1. The highest BCUT2D eigenvalue weighted by Gasteiger charge is 2.59. The summed E-state index contributed by atoms with van der Waals surface area (Å²) in [7, 11) is 0. The number of unbranched alkanes of at least 4 members (excludes halogenated alkanes) is 24. The minimum atomic E-state index is 0.0694. The van der Waals surface area contributed by atoms with Gasteiger partial charge in [0.2, 0.25) is 0 Å². The molecular formula is C55H100O2. The number of fused-ring (bicyclic) bond motifs is 5. The van der Waals surface area contributed by atoms with E-state index < -0.39 is 0 Å². The van der Waals surface area contributed by atoms with Crippen LogP contribution in [0.1, 0.15) is 279 Å². The topological polar surface area (TPSA) is 26.3 Å². The van der Waals surface area contributed by atoms with Gasteiger partial charge in [0.05, 0.1) is 0 Å². The van der Waals surface area contributed by atoms with Crippen LogP contribution in [0.2, 0.25) is 0 Å². The molecule has 57 heavy (non-hydrogen) atoms. The zero-order valence-corrected chi connectivity index (χ0v) is 39.6. The van der Waals surface area contributed by atoms with Crippen molar-refractivity contribution in [3.63, 3.8) is 0 Å². The molecule has 8 atom stereocenters. The molecule has 4 aliphatic carbocycles. The van der Waals surface area contributed by atoms with Crippen molar-refractivity contribution >= 4 is 5.97 Å². The zero-order chi connectivity index (χ0) is 40.8. The fraction of sp³-hybridized carbons (Fsp3) is 0.945. The summed E-state index contributed by atoms with van der Waals surface area (Å²) in [5, 5.41) is 0. The number of ether oxygens (including phenoxy) is 1. The highest BCUT2D eigenvalue weighted by Crippen LogP contribution is 2.67. The summed E-state index contributed by atoms with van der Waals surface area (Å²) in [6.07, 6.45) is 53.2. The first-order valence-electron chi connectivity index (χ1n) is 26.6. The van der Waals surface area contributed by atoms with Crippen molar-refractivity contribution in [2.45, 2.75) is 285 Å². The Kier molecular flexibility index (Phi) is 23.3. The van der Waals surface area contributed by atoms with Gasteiger partial charge in [0, 0.05) is 12.8 Å². The Morgan fingerprint density at radius 3 is 1.63 bits per heavy atom. The molecule has 4 aliphatic rings. The monoisotopic (exact) mass is 793 g/mol. The van der Waals surface area contributed by atoms with Gasteiger partial charge in [-0.15, -0.1) is 0 Å². The molecular weight excluding hydrogens is 693 g/mol. The van der Waals surface area contributed by atoms with E-state index in [-0.39, 0.29) is 12.1 Å². The molecule has 4 rings (SSSR count). The fourth-order valence-electron chi connectivity index (χ4n) is 13.4. The van der Waals surface area contributed by atoms with Gasteiger partial charge in [-0.1, -0.05) is 227 Å². The molecule has 2 nitrogen and oxygen atoms in total. The Hall–Kier alpha value is -0.790. The SMILES string of the molecule is CCCCCCCCCCCCCCCCCCCCCCCCCCCC(=O)OC1CCC2(C)C(=CCC3C2CCC2(C)C(C(C)CCCC(C)C)CCC32)C1. The molecule has 0 N–H and O–H groups in total. The zero-order valence-electron chi connectivity index (χ0n) is 39.6. The molecule has 0 aliphatic heterocycles. The van der Waals surface area contributed by atoms with E-state index in [0.29, 0.717) is 17.3 Å². The molecule has 0 aromatic carbocycles. The maximum absolute atomic E-state index is 12.9. The van der Waals surface area contributed by atoms with Gasteiger partial charge in [0.1, 0.15) is 6.10 Å². The Morgan fingerprint density at radius 1 is 0.614 bits per heavy atom. The second kappa shape index (κ2) is 27.2. The second-order valence-electron chi connectivity index (χ2n) is 21.9. The molecule has 2 heteroatoms. The van der Waals surface area contributed by atoms with Crippen LogP contribution in [0.5, 0.6) is 0 Å². The summed E-state index contributed by atoms with van der Waals surface area (Å²) in [5.41, 5.74) is 2.54. The summed E-state index contributed by atoms with van der Waals surface area (Å²) < 4.78 is 6.17. The van der Waals surface area contributed by atoms with Crippen LogP contribution in [0, 0.1) is 46.3 Å². The normalized spacial score (nSPS) is 28.8. The van der Waals surface area contributed by atoms with Crippen LogP contribution in [0.25, 0.3) is 0 Å². The molecule has 0 radical (unpaired) electrons. The third-order valence-electron chi connectivity index (χ3n) is 17.0. The maximum atomic E-state index is 12.9. The van der Waals surface area contributed by atoms with Gasteiger partial charge in [-0.05, 0) is 97.7 Å². The van der Waals surface area contributed by atoms with Crippen LogP contribution in [0.15, 0.2) is 11.6 Å². The Labute approximate surface area is 357 Å². The smallest absolute Gasteiger partial charge is 0.306 e. The Bertz CT molecular complexity index is 1090. The maximum Gasteiger partial charge on any atom is 0.306 e. The summed E-state index contributed by atoms with van der Waals surface area (Å²) in [4.78, 5) is 12.9. The number of esters is 1. The fourth-order valence-corrected chi connectivity index (χ4v) is 13.4. The third-order valence-corrected chi connectivity index (χ3v) is 17.0. The highest BCUT2D eigenvalue weighted by atomic mass is 16.5. The highest BCUT2D eigenvalue weighted by molar-refractivity contribution is 5.69. The van der Waals surface area contributed by atoms with Crippen LogP contribution >= 0.6 is 0 Å². The molecule has 0 saturated heterocycles. The molecule has 3 saturated carbocycles. The van der Waals surface area contributed by atoms with Gasteiger partial charge in [0.15, 0.2) is 0 Å². The predicted molar refractivity (Wildman–Crippen MR) is 249 cm³/mol. The summed E-state index contributed by atoms with van der Waals surface area (Å²) in [6, 6.07) is 0. The van der Waals surface area contributed by atoms with E-state index in [1.165, 1.54) is 212 Å². The minimum absolute atomic E-state index is 0.0694. The molecule has 0 spiro atoms. The van der Waals surface area contributed by atoms with E-state index in [1.54, 1.807) is 5.57 Å². The lowest BCUT2D eigenvalue weighted by atomic mass is 9.47.